The van der Waals surface area contributed by atoms with E-state index in [4.69, 9.17) is 16.9 Å². The molecule has 2 heterocycles. The van der Waals surface area contributed by atoms with Crippen LogP contribution in [0.2, 0.25) is 5.02 Å². The van der Waals surface area contributed by atoms with E-state index in [-0.39, 0.29) is 18.1 Å². The maximum atomic E-state index is 13.4. The lowest BCUT2D eigenvalue weighted by Crippen LogP contribution is -2.43. The highest BCUT2D eigenvalue weighted by Crippen LogP contribution is 2.31. The molecule has 0 saturated carbocycles. The number of aromatic nitrogens is 1. The summed E-state index contributed by atoms with van der Waals surface area (Å²) in [5, 5.41) is 16.3. The molecule has 1 aromatic carbocycles. The molecule has 1 fully saturated rings. The van der Waals surface area contributed by atoms with Crippen molar-refractivity contribution < 1.29 is 23.2 Å². The van der Waals surface area contributed by atoms with E-state index in [0.29, 0.717) is 15.6 Å². The van der Waals surface area contributed by atoms with E-state index in [2.05, 4.69) is 15.6 Å². The van der Waals surface area contributed by atoms with Crippen LogP contribution in [0.5, 0.6) is 0 Å². The van der Waals surface area contributed by atoms with Crippen LogP contribution in [-0.4, -0.2) is 52.7 Å². The van der Waals surface area contributed by atoms with Crippen molar-refractivity contribution in [3.8, 4) is 6.07 Å². The molecular formula is C19H16ClF2N5O3S. The third kappa shape index (κ3) is 5.74. The van der Waals surface area contributed by atoms with E-state index in [9.17, 15) is 23.2 Å². The molecule has 2 aromatic rings. The molecule has 0 radical (unpaired) electrons. The van der Waals surface area contributed by atoms with Crippen molar-refractivity contribution >= 4 is 40.7 Å². The van der Waals surface area contributed by atoms with Gasteiger partial charge in [0.2, 0.25) is 5.91 Å². The van der Waals surface area contributed by atoms with E-state index in [1.807, 2.05) is 0 Å². The van der Waals surface area contributed by atoms with Crippen LogP contribution < -0.4 is 10.6 Å². The van der Waals surface area contributed by atoms with Crippen LogP contribution in [0.4, 0.5) is 8.78 Å². The van der Waals surface area contributed by atoms with Crippen LogP contribution in [0, 0.1) is 11.3 Å². The number of likely N-dealkylation sites (tertiary alicyclic amines) is 1. The Morgan fingerprint density at radius 3 is 2.65 bits per heavy atom. The number of benzene rings is 1. The van der Waals surface area contributed by atoms with Gasteiger partial charge in [-0.25, -0.2) is 13.8 Å². The number of nitrogens with zero attached hydrogens (tertiary/aromatic N) is 3. The standard InChI is InChI=1S/C19H16ClF2N5O3S/c20-12-3-1-11(2-4-12)17(29)24-7-15-26-14(9-31-15)18(30)25-8-16(28)27-10-19(21,22)5-13(27)6-23/h1-4,9,13H,5,7-8,10H2,(H,24,29)(H,25,30)/t13-/m0/s1. The minimum atomic E-state index is -3.12. The minimum Gasteiger partial charge on any atom is -0.346 e. The van der Waals surface area contributed by atoms with Crippen molar-refractivity contribution in [3.05, 3.63) is 50.9 Å². The second kappa shape index (κ2) is 9.36. The normalized spacial score (nSPS) is 17.1. The van der Waals surface area contributed by atoms with Crippen LogP contribution in [0.15, 0.2) is 29.6 Å². The minimum absolute atomic E-state index is 0.0251. The lowest BCUT2D eigenvalue weighted by atomic mass is 10.2. The smallest absolute Gasteiger partial charge is 0.271 e. The van der Waals surface area contributed by atoms with Gasteiger partial charge in [-0.1, -0.05) is 11.6 Å². The quantitative estimate of drug-likeness (QED) is 0.676. The fourth-order valence-electron chi connectivity index (χ4n) is 2.90. The first kappa shape index (κ1) is 22.6. The Balaban J connectivity index is 1.50. The number of halogens is 3. The van der Waals surface area contributed by atoms with E-state index < -0.39 is 43.3 Å². The van der Waals surface area contributed by atoms with E-state index >= 15 is 0 Å². The molecule has 1 aromatic heterocycles. The maximum Gasteiger partial charge on any atom is 0.271 e. The molecule has 31 heavy (non-hydrogen) atoms. The van der Waals surface area contributed by atoms with Gasteiger partial charge < -0.3 is 15.5 Å². The molecule has 3 amide bonds. The van der Waals surface area contributed by atoms with Gasteiger partial charge >= 0.3 is 0 Å². The molecule has 162 valence electrons. The summed E-state index contributed by atoms with van der Waals surface area (Å²) in [6.07, 6.45) is -0.722. The molecular weight excluding hydrogens is 452 g/mol. The number of carbonyl (C=O) groups is 3. The molecule has 1 saturated heterocycles. The van der Waals surface area contributed by atoms with Crippen LogP contribution >= 0.6 is 22.9 Å². The number of thiazole rings is 1. The Labute approximate surface area is 184 Å². The van der Waals surface area contributed by atoms with Crippen LogP contribution in [0.1, 0.15) is 32.3 Å². The van der Waals surface area contributed by atoms with Gasteiger partial charge in [-0.05, 0) is 24.3 Å². The van der Waals surface area contributed by atoms with Gasteiger partial charge in [-0.3, -0.25) is 14.4 Å². The summed E-state index contributed by atoms with van der Waals surface area (Å²) in [6.45, 7) is -1.30. The van der Waals surface area contributed by atoms with E-state index in [1.165, 1.54) is 5.38 Å². The zero-order valence-electron chi connectivity index (χ0n) is 15.9. The number of hydrogen-bond donors (Lipinski definition) is 2. The topological polar surface area (TPSA) is 115 Å². The van der Waals surface area contributed by atoms with Crippen LogP contribution in [0.25, 0.3) is 0 Å². The predicted molar refractivity (Wildman–Crippen MR) is 108 cm³/mol. The van der Waals surface area contributed by atoms with Crippen molar-refractivity contribution in [2.45, 2.75) is 24.9 Å². The number of carbonyl (C=O) groups excluding carboxylic acids is 3. The summed E-state index contributed by atoms with van der Waals surface area (Å²) in [5.41, 5.74) is 0.442. The van der Waals surface area contributed by atoms with Crippen LogP contribution in [-0.2, 0) is 11.3 Å². The first-order valence-corrected chi connectivity index (χ1v) is 10.3. The van der Waals surface area contributed by atoms with Crippen molar-refractivity contribution in [2.24, 2.45) is 0 Å². The first-order chi connectivity index (χ1) is 14.7. The third-order valence-electron chi connectivity index (χ3n) is 4.43. The van der Waals surface area contributed by atoms with Gasteiger partial charge in [0.25, 0.3) is 17.7 Å². The summed E-state index contributed by atoms with van der Waals surface area (Å²) in [6, 6.07) is 6.77. The Morgan fingerprint density at radius 1 is 1.26 bits per heavy atom. The maximum absolute atomic E-state index is 13.4. The molecule has 0 spiro atoms. The average Bonchev–Trinajstić information content (AvgIpc) is 3.34. The molecule has 0 bridgehead atoms. The Bertz CT molecular complexity index is 1040. The summed E-state index contributed by atoms with van der Waals surface area (Å²) >= 11 is 6.92. The fourth-order valence-corrected chi connectivity index (χ4v) is 3.74. The fraction of sp³-hybridized carbons (Fsp3) is 0.316. The number of nitriles is 1. The van der Waals surface area contributed by atoms with Crippen molar-refractivity contribution in [2.75, 3.05) is 13.1 Å². The number of rotatable bonds is 6. The van der Waals surface area contributed by atoms with Gasteiger partial charge in [0.1, 0.15) is 16.7 Å². The van der Waals surface area contributed by atoms with Gasteiger partial charge in [0, 0.05) is 22.4 Å². The molecule has 1 atom stereocenters. The van der Waals surface area contributed by atoms with Gasteiger partial charge in [0.05, 0.1) is 25.7 Å². The molecule has 3 rings (SSSR count). The average molecular weight is 468 g/mol. The molecule has 0 unspecified atom stereocenters. The second-order valence-electron chi connectivity index (χ2n) is 6.73. The largest absolute Gasteiger partial charge is 0.346 e. The van der Waals surface area contributed by atoms with Crippen molar-refractivity contribution in [1.29, 1.82) is 5.26 Å². The zero-order valence-corrected chi connectivity index (χ0v) is 17.5. The highest BCUT2D eigenvalue weighted by atomic mass is 35.5. The Morgan fingerprint density at radius 2 is 1.97 bits per heavy atom. The second-order valence-corrected chi connectivity index (χ2v) is 8.10. The van der Waals surface area contributed by atoms with E-state index in [1.54, 1.807) is 30.3 Å². The summed E-state index contributed by atoms with van der Waals surface area (Å²) in [4.78, 5) is 41.3. The molecule has 1 aliphatic heterocycles. The summed E-state index contributed by atoms with van der Waals surface area (Å²) < 4.78 is 26.9. The van der Waals surface area contributed by atoms with Crippen LogP contribution in [0.3, 0.4) is 0 Å². The van der Waals surface area contributed by atoms with Gasteiger partial charge in [-0.2, -0.15) is 5.26 Å². The van der Waals surface area contributed by atoms with Gasteiger partial charge in [-0.15, -0.1) is 11.3 Å². The first-order valence-electron chi connectivity index (χ1n) is 9.02. The molecule has 2 N–H and O–H groups in total. The SMILES string of the molecule is N#C[C@@H]1CC(F)(F)CN1C(=O)CNC(=O)c1csc(CNC(=O)c2ccc(Cl)cc2)n1. The molecule has 1 aliphatic rings. The lowest BCUT2D eigenvalue weighted by molar-refractivity contribution is -0.131. The number of nitrogens with one attached hydrogen (secondary N) is 2. The summed E-state index contributed by atoms with van der Waals surface area (Å²) in [5.74, 6) is -4.90. The molecule has 8 nitrogen and oxygen atoms in total. The Hall–Kier alpha value is -3.10. The predicted octanol–water partition coefficient (Wildman–Crippen LogP) is 2.22. The Kier molecular flexibility index (Phi) is 6.82. The summed E-state index contributed by atoms with van der Waals surface area (Å²) in [7, 11) is 0. The number of hydrogen-bond acceptors (Lipinski definition) is 6. The molecule has 0 aliphatic carbocycles. The number of amides is 3. The highest BCUT2D eigenvalue weighted by molar-refractivity contribution is 7.09. The van der Waals surface area contributed by atoms with Crippen molar-refractivity contribution in [1.82, 2.24) is 20.5 Å². The zero-order chi connectivity index (χ0) is 22.6. The van der Waals surface area contributed by atoms with Gasteiger partial charge in [0.15, 0.2) is 0 Å². The molecule has 12 heteroatoms. The highest BCUT2D eigenvalue weighted by Gasteiger charge is 2.47. The third-order valence-corrected chi connectivity index (χ3v) is 5.53. The lowest BCUT2D eigenvalue weighted by Gasteiger charge is -2.19. The van der Waals surface area contributed by atoms with E-state index in [0.717, 1.165) is 16.2 Å². The van der Waals surface area contributed by atoms with Crippen molar-refractivity contribution in [3.63, 3.8) is 0 Å². The number of alkyl halides is 2. The monoisotopic (exact) mass is 467 g/mol.